The minimum Gasteiger partial charge on any atom is -0.335 e. The fraction of sp³-hybridized carbons (Fsp3) is 0.111. The molecular formula is C27H22FN9O. The number of imidazole rings is 1. The number of pyridine rings is 3. The van der Waals surface area contributed by atoms with E-state index in [4.69, 9.17) is 4.98 Å². The third kappa shape index (κ3) is 4.46. The molecule has 0 aliphatic rings. The highest BCUT2D eigenvalue weighted by Crippen LogP contribution is 2.32. The molecular weight excluding hydrogens is 485 g/mol. The summed E-state index contributed by atoms with van der Waals surface area (Å²) in [4.78, 5) is 35.2. The molecule has 0 unspecified atom stereocenters. The van der Waals surface area contributed by atoms with Crippen LogP contribution in [0.25, 0.3) is 55.8 Å². The summed E-state index contributed by atoms with van der Waals surface area (Å²) < 4.78 is 13.5. The van der Waals surface area contributed by atoms with Crippen LogP contribution in [-0.4, -0.2) is 66.6 Å². The van der Waals surface area contributed by atoms with Crippen LogP contribution in [0.15, 0.2) is 67.4 Å². The second kappa shape index (κ2) is 9.45. The van der Waals surface area contributed by atoms with Crippen molar-refractivity contribution in [2.75, 3.05) is 26.0 Å². The molecule has 0 spiro atoms. The number of carbonyl (C=O) groups excluding carboxylic acids is 1. The number of amides is 1. The Morgan fingerprint density at radius 3 is 2.61 bits per heavy atom. The molecule has 0 atom stereocenters. The van der Waals surface area contributed by atoms with Gasteiger partial charge in [-0.05, 0) is 43.9 Å². The first kappa shape index (κ1) is 23.4. The van der Waals surface area contributed by atoms with Gasteiger partial charge in [0.2, 0.25) is 5.91 Å². The van der Waals surface area contributed by atoms with Gasteiger partial charge in [0.25, 0.3) is 0 Å². The maximum Gasteiger partial charge on any atom is 0.238 e. The van der Waals surface area contributed by atoms with E-state index in [0.717, 1.165) is 33.1 Å². The second-order valence-electron chi connectivity index (χ2n) is 9.11. The maximum atomic E-state index is 13.5. The normalized spacial score (nSPS) is 11.5. The number of nitrogens with zero attached hydrogens (tertiary/aromatic N) is 6. The molecule has 0 saturated heterocycles. The molecule has 0 fully saturated rings. The minimum atomic E-state index is -0.305. The summed E-state index contributed by atoms with van der Waals surface area (Å²) >= 11 is 0. The minimum absolute atomic E-state index is 0.131. The van der Waals surface area contributed by atoms with E-state index in [1.165, 1.54) is 12.1 Å². The molecule has 10 nitrogen and oxygen atoms in total. The number of H-pyrrole nitrogens is 2. The van der Waals surface area contributed by atoms with Crippen molar-refractivity contribution in [3.8, 4) is 33.9 Å². The number of benzene rings is 1. The van der Waals surface area contributed by atoms with Crippen molar-refractivity contribution in [1.29, 1.82) is 0 Å². The van der Waals surface area contributed by atoms with Crippen molar-refractivity contribution in [1.82, 2.24) is 40.0 Å². The topological polar surface area (TPSA) is 128 Å². The Labute approximate surface area is 216 Å². The van der Waals surface area contributed by atoms with Crippen molar-refractivity contribution < 1.29 is 9.18 Å². The van der Waals surface area contributed by atoms with Crippen LogP contribution in [0.4, 0.5) is 10.1 Å². The van der Waals surface area contributed by atoms with Gasteiger partial charge < -0.3 is 15.2 Å². The molecule has 11 heteroatoms. The third-order valence-electron chi connectivity index (χ3n) is 6.00. The Kier molecular flexibility index (Phi) is 5.81. The lowest BCUT2D eigenvalue weighted by molar-refractivity contribution is -0.116. The van der Waals surface area contributed by atoms with E-state index in [1.54, 1.807) is 48.0 Å². The van der Waals surface area contributed by atoms with Crippen molar-refractivity contribution >= 4 is 33.5 Å². The number of rotatable bonds is 6. The summed E-state index contributed by atoms with van der Waals surface area (Å²) in [6.45, 7) is 0.267. The molecule has 0 aliphatic heterocycles. The monoisotopic (exact) mass is 507 g/mol. The summed E-state index contributed by atoms with van der Waals surface area (Å²) in [7, 11) is 3.66. The molecule has 6 rings (SSSR count). The zero-order valence-corrected chi connectivity index (χ0v) is 20.5. The van der Waals surface area contributed by atoms with Gasteiger partial charge in [-0.3, -0.25) is 24.8 Å². The number of carbonyl (C=O) groups is 1. The van der Waals surface area contributed by atoms with Crippen LogP contribution in [0.5, 0.6) is 0 Å². The number of halogens is 1. The van der Waals surface area contributed by atoms with Crippen LogP contribution in [0, 0.1) is 5.82 Å². The van der Waals surface area contributed by atoms with E-state index in [9.17, 15) is 9.18 Å². The smallest absolute Gasteiger partial charge is 0.238 e. The van der Waals surface area contributed by atoms with E-state index < -0.39 is 0 Å². The highest BCUT2D eigenvalue weighted by Gasteiger charge is 2.17. The van der Waals surface area contributed by atoms with Gasteiger partial charge in [-0.25, -0.2) is 9.37 Å². The predicted molar refractivity (Wildman–Crippen MR) is 143 cm³/mol. The van der Waals surface area contributed by atoms with Gasteiger partial charge in [-0.15, -0.1) is 0 Å². The second-order valence-corrected chi connectivity index (χ2v) is 9.11. The predicted octanol–water partition coefficient (Wildman–Crippen LogP) is 4.26. The van der Waals surface area contributed by atoms with E-state index in [2.05, 4.69) is 35.5 Å². The Balaban J connectivity index is 1.38. The fourth-order valence-electron chi connectivity index (χ4n) is 4.28. The molecule has 3 N–H and O–H groups in total. The lowest BCUT2D eigenvalue weighted by Gasteiger charge is -2.10. The lowest BCUT2D eigenvalue weighted by Crippen LogP contribution is -2.27. The van der Waals surface area contributed by atoms with Crippen LogP contribution in [0.3, 0.4) is 0 Å². The summed E-state index contributed by atoms with van der Waals surface area (Å²) in [5, 5.41) is 11.2. The van der Waals surface area contributed by atoms with Crippen molar-refractivity contribution in [3.63, 3.8) is 0 Å². The number of fused-ring (bicyclic) bond motifs is 2. The lowest BCUT2D eigenvalue weighted by atomic mass is 10.1. The van der Waals surface area contributed by atoms with Gasteiger partial charge in [-0.1, -0.05) is 12.1 Å². The fourth-order valence-corrected chi connectivity index (χ4v) is 4.28. The molecule has 0 saturated carbocycles. The summed E-state index contributed by atoms with van der Waals surface area (Å²) in [5.41, 5.74) is 6.39. The first-order valence-electron chi connectivity index (χ1n) is 11.8. The van der Waals surface area contributed by atoms with Crippen LogP contribution >= 0.6 is 0 Å². The molecule has 6 aromatic rings. The van der Waals surface area contributed by atoms with Crippen LogP contribution < -0.4 is 5.32 Å². The van der Waals surface area contributed by atoms with Gasteiger partial charge >= 0.3 is 0 Å². The van der Waals surface area contributed by atoms with Crippen molar-refractivity contribution in [2.45, 2.75) is 0 Å². The van der Waals surface area contributed by atoms with E-state index in [1.807, 2.05) is 26.2 Å². The van der Waals surface area contributed by atoms with Gasteiger partial charge in [0.05, 0.1) is 53.1 Å². The number of aromatic amines is 2. The van der Waals surface area contributed by atoms with Gasteiger partial charge in [-0.2, -0.15) is 5.10 Å². The third-order valence-corrected chi connectivity index (χ3v) is 6.00. The van der Waals surface area contributed by atoms with Crippen LogP contribution in [0.1, 0.15) is 0 Å². The number of anilines is 1. The number of likely N-dealkylation sites (N-methyl/N-ethyl adjacent to an activating group) is 1. The largest absolute Gasteiger partial charge is 0.335 e. The quantitative estimate of drug-likeness (QED) is 0.307. The maximum absolute atomic E-state index is 13.5. The summed E-state index contributed by atoms with van der Waals surface area (Å²) in [5.74, 6) is 0.122. The van der Waals surface area contributed by atoms with Crippen molar-refractivity contribution in [3.05, 3.63) is 73.2 Å². The highest BCUT2D eigenvalue weighted by atomic mass is 19.1. The Morgan fingerprint density at radius 1 is 0.974 bits per heavy atom. The Morgan fingerprint density at radius 2 is 1.79 bits per heavy atom. The van der Waals surface area contributed by atoms with Crippen molar-refractivity contribution in [2.24, 2.45) is 0 Å². The Hall–Kier alpha value is -5.03. The molecule has 5 aromatic heterocycles. The number of aromatic nitrogens is 7. The number of nitrogens with one attached hydrogen (secondary N) is 3. The molecule has 1 aromatic carbocycles. The summed E-state index contributed by atoms with van der Waals surface area (Å²) in [6, 6.07) is 9.96. The Bertz CT molecular complexity index is 1790. The van der Waals surface area contributed by atoms with E-state index >= 15 is 0 Å². The zero-order chi connectivity index (χ0) is 26.2. The molecule has 0 bridgehead atoms. The molecule has 188 valence electrons. The van der Waals surface area contributed by atoms with Gasteiger partial charge in [0.15, 0.2) is 5.82 Å². The molecule has 0 aliphatic carbocycles. The molecule has 38 heavy (non-hydrogen) atoms. The van der Waals surface area contributed by atoms with Gasteiger partial charge in [0, 0.05) is 28.9 Å². The van der Waals surface area contributed by atoms with E-state index in [0.29, 0.717) is 28.4 Å². The molecule has 1 amide bonds. The van der Waals surface area contributed by atoms with Crippen LogP contribution in [0.2, 0.25) is 0 Å². The average molecular weight is 508 g/mol. The molecule has 5 heterocycles. The number of hydrogen-bond acceptors (Lipinski definition) is 7. The van der Waals surface area contributed by atoms with Gasteiger partial charge in [0.1, 0.15) is 11.5 Å². The SMILES string of the molecule is CN(C)CC(=O)Nc1cncc(-c2cc3c(-c4nc5c(-c6ccc(F)cc6)cncc5[nH]4)n[nH]c3cn2)c1. The first-order chi connectivity index (χ1) is 18.4. The number of hydrogen-bond donors (Lipinski definition) is 3. The highest BCUT2D eigenvalue weighted by molar-refractivity contribution is 5.97. The van der Waals surface area contributed by atoms with E-state index in [-0.39, 0.29) is 18.3 Å². The standard InChI is InChI=1S/C27H22FN9O/c1-37(2)14-24(38)32-18-7-16(9-29-10-18)21-8-19-22(13-31-21)35-36-26(19)27-33-23-12-30-11-20(25(23)34-27)15-3-5-17(28)6-4-15/h3-13H,14H2,1-2H3,(H,32,38)(H,33,34)(H,35,36). The average Bonchev–Trinajstić information content (AvgIpc) is 3.52. The first-order valence-corrected chi connectivity index (χ1v) is 11.8. The van der Waals surface area contributed by atoms with Crippen LogP contribution in [-0.2, 0) is 4.79 Å². The zero-order valence-electron chi connectivity index (χ0n) is 20.5. The molecule has 0 radical (unpaired) electrons. The summed E-state index contributed by atoms with van der Waals surface area (Å²) in [6.07, 6.45) is 8.40.